The molecule has 19 heavy (non-hydrogen) atoms. The standard InChI is InChI=1S/C14H14N4O/c1-2-10-4-3-5-11(8-10)19-14-13-16-6-7-18(13)9-12(15)17-14/h3-9H,2,15H2,1H3. The van der Waals surface area contributed by atoms with Gasteiger partial charge in [0.05, 0.1) is 6.20 Å². The smallest absolute Gasteiger partial charge is 0.265 e. The molecule has 96 valence electrons. The zero-order valence-electron chi connectivity index (χ0n) is 10.6. The van der Waals surface area contributed by atoms with Gasteiger partial charge >= 0.3 is 0 Å². The molecule has 0 unspecified atom stereocenters. The molecule has 0 bridgehead atoms. The van der Waals surface area contributed by atoms with E-state index in [-0.39, 0.29) is 0 Å². The number of ether oxygens (including phenoxy) is 1. The van der Waals surface area contributed by atoms with E-state index in [1.54, 1.807) is 16.8 Å². The van der Waals surface area contributed by atoms with E-state index < -0.39 is 0 Å². The first-order valence-corrected chi connectivity index (χ1v) is 6.12. The first-order valence-electron chi connectivity index (χ1n) is 6.12. The third-order valence-electron chi connectivity index (χ3n) is 2.88. The third-order valence-corrected chi connectivity index (χ3v) is 2.88. The minimum atomic E-state index is 0.396. The van der Waals surface area contributed by atoms with E-state index in [1.807, 2.05) is 24.4 Å². The van der Waals surface area contributed by atoms with Crippen molar-refractivity contribution in [2.75, 3.05) is 5.73 Å². The van der Waals surface area contributed by atoms with Crippen molar-refractivity contribution >= 4 is 11.5 Å². The molecule has 0 aliphatic heterocycles. The Labute approximate surface area is 110 Å². The topological polar surface area (TPSA) is 65.4 Å². The highest BCUT2D eigenvalue weighted by molar-refractivity contribution is 5.54. The monoisotopic (exact) mass is 254 g/mol. The summed E-state index contributed by atoms with van der Waals surface area (Å²) in [5.74, 6) is 1.55. The molecule has 5 heteroatoms. The normalized spacial score (nSPS) is 10.8. The fourth-order valence-corrected chi connectivity index (χ4v) is 1.93. The number of nitrogen functional groups attached to an aromatic ring is 1. The van der Waals surface area contributed by atoms with Crippen LogP contribution >= 0.6 is 0 Å². The van der Waals surface area contributed by atoms with Crippen molar-refractivity contribution in [3.63, 3.8) is 0 Å². The minimum Gasteiger partial charge on any atom is -0.436 e. The van der Waals surface area contributed by atoms with Crippen molar-refractivity contribution in [3.8, 4) is 11.6 Å². The van der Waals surface area contributed by atoms with E-state index in [4.69, 9.17) is 10.5 Å². The Morgan fingerprint density at radius 1 is 1.37 bits per heavy atom. The van der Waals surface area contributed by atoms with Crippen molar-refractivity contribution in [3.05, 3.63) is 48.4 Å². The molecule has 5 nitrogen and oxygen atoms in total. The van der Waals surface area contributed by atoms with Gasteiger partial charge in [0.1, 0.15) is 11.6 Å². The highest BCUT2D eigenvalue weighted by Gasteiger charge is 2.08. The van der Waals surface area contributed by atoms with Crippen LogP contribution in [0.15, 0.2) is 42.9 Å². The first kappa shape index (κ1) is 11.5. The Kier molecular flexibility index (Phi) is 2.79. The molecule has 3 rings (SSSR count). The third kappa shape index (κ3) is 2.22. The molecule has 2 aromatic heterocycles. The van der Waals surface area contributed by atoms with Gasteiger partial charge in [-0.1, -0.05) is 19.1 Å². The largest absolute Gasteiger partial charge is 0.436 e. The van der Waals surface area contributed by atoms with Crippen LogP contribution in [0.2, 0.25) is 0 Å². The number of aromatic nitrogens is 3. The fraction of sp³-hybridized carbons (Fsp3) is 0.143. The van der Waals surface area contributed by atoms with E-state index in [0.29, 0.717) is 17.3 Å². The number of rotatable bonds is 3. The highest BCUT2D eigenvalue weighted by Crippen LogP contribution is 2.25. The molecule has 2 N–H and O–H groups in total. The van der Waals surface area contributed by atoms with Gasteiger partial charge in [-0.25, -0.2) is 4.98 Å². The van der Waals surface area contributed by atoms with Crippen LogP contribution in [0.25, 0.3) is 5.65 Å². The molecule has 0 radical (unpaired) electrons. The van der Waals surface area contributed by atoms with Gasteiger partial charge in [0.2, 0.25) is 5.65 Å². The predicted octanol–water partition coefficient (Wildman–Crippen LogP) is 2.67. The van der Waals surface area contributed by atoms with Crippen molar-refractivity contribution in [1.82, 2.24) is 14.4 Å². The van der Waals surface area contributed by atoms with E-state index in [1.165, 1.54) is 5.56 Å². The maximum atomic E-state index is 5.80. The maximum Gasteiger partial charge on any atom is 0.265 e. The SMILES string of the molecule is CCc1cccc(Oc2nc(N)cn3ccnc23)c1. The molecule has 0 saturated heterocycles. The Morgan fingerprint density at radius 3 is 3.11 bits per heavy atom. The molecule has 2 heterocycles. The summed E-state index contributed by atoms with van der Waals surface area (Å²) in [6, 6.07) is 7.90. The van der Waals surface area contributed by atoms with Gasteiger partial charge in [-0.3, -0.25) is 4.40 Å². The second-order valence-electron chi connectivity index (χ2n) is 4.23. The molecule has 0 saturated carbocycles. The molecular weight excluding hydrogens is 240 g/mol. The lowest BCUT2D eigenvalue weighted by molar-refractivity contribution is 0.465. The van der Waals surface area contributed by atoms with Gasteiger partial charge < -0.3 is 10.5 Å². The average molecular weight is 254 g/mol. The van der Waals surface area contributed by atoms with Gasteiger partial charge in [0, 0.05) is 12.4 Å². The molecule has 1 aromatic carbocycles. The number of nitrogens with zero attached hydrogens (tertiary/aromatic N) is 3. The van der Waals surface area contributed by atoms with Crippen LogP contribution in [-0.2, 0) is 6.42 Å². The predicted molar refractivity (Wildman–Crippen MR) is 73.3 cm³/mol. The Hall–Kier alpha value is -2.56. The van der Waals surface area contributed by atoms with Crippen molar-refractivity contribution in [2.24, 2.45) is 0 Å². The molecule has 0 atom stereocenters. The second kappa shape index (κ2) is 4.61. The summed E-state index contributed by atoms with van der Waals surface area (Å²) >= 11 is 0. The zero-order chi connectivity index (χ0) is 13.2. The van der Waals surface area contributed by atoms with Gasteiger partial charge in [0.15, 0.2) is 0 Å². The van der Waals surface area contributed by atoms with Crippen LogP contribution in [-0.4, -0.2) is 14.4 Å². The summed E-state index contributed by atoms with van der Waals surface area (Å²) in [5.41, 5.74) is 7.61. The van der Waals surface area contributed by atoms with Crippen molar-refractivity contribution in [2.45, 2.75) is 13.3 Å². The van der Waals surface area contributed by atoms with Crippen molar-refractivity contribution in [1.29, 1.82) is 0 Å². The fourth-order valence-electron chi connectivity index (χ4n) is 1.93. The summed E-state index contributed by atoms with van der Waals surface area (Å²) in [6.07, 6.45) is 6.16. The Balaban J connectivity index is 2.02. The highest BCUT2D eigenvalue weighted by atomic mass is 16.5. The summed E-state index contributed by atoms with van der Waals surface area (Å²) in [5, 5.41) is 0. The van der Waals surface area contributed by atoms with E-state index in [0.717, 1.165) is 12.2 Å². The lowest BCUT2D eigenvalue weighted by Gasteiger charge is -2.08. The molecule has 0 spiro atoms. The summed E-state index contributed by atoms with van der Waals surface area (Å²) in [7, 11) is 0. The molecule has 0 aliphatic rings. The summed E-state index contributed by atoms with van der Waals surface area (Å²) in [4.78, 5) is 8.41. The number of imidazole rings is 1. The number of benzene rings is 1. The number of anilines is 1. The number of fused-ring (bicyclic) bond motifs is 1. The van der Waals surface area contributed by atoms with Crippen LogP contribution in [0.4, 0.5) is 5.82 Å². The molecular formula is C14H14N4O. The number of aryl methyl sites for hydroxylation is 1. The lowest BCUT2D eigenvalue weighted by atomic mass is 10.2. The second-order valence-corrected chi connectivity index (χ2v) is 4.23. The molecule has 3 aromatic rings. The number of hydrogen-bond acceptors (Lipinski definition) is 4. The molecule has 0 aliphatic carbocycles. The van der Waals surface area contributed by atoms with Gasteiger partial charge in [0.25, 0.3) is 5.88 Å². The molecule has 0 fully saturated rings. The zero-order valence-corrected chi connectivity index (χ0v) is 10.6. The maximum absolute atomic E-state index is 5.80. The van der Waals surface area contributed by atoms with E-state index >= 15 is 0 Å². The Morgan fingerprint density at radius 2 is 2.26 bits per heavy atom. The summed E-state index contributed by atoms with van der Waals surface area (Å²) < 4.78 is 7.59. The van der Waals surface area contributed by atoms with Crippen LogP contribution in [0.3, 0.4) is 0 Å². The Bertz CT molecular complexity index is 720. The quantitative estimate of drug-likeness (QED) is 0.780. The number of hydrogen-bond donors (Lipinski definition) is 1. The summed E-state index contributed by atoms with van der Waals surface area (Å²) in [6.45, 7) is 2.10. The van der Waals surface area contributed by atoms with Crippen LogP contribution in [0.5, 0.6) is 11.6 Å². The lowest BCUT2D eigenvalue weighted by Crippen LogP contribution is -1.99. The van der Waals surface area contributed by atoms with Crippen LogP contribution in [0, 0.1) is 0 Å². The van der Waals surface area contributed by atoms with Gasteiger partial charge in [-0.2, -0.15) is 4.98 Å². The van der Waals surface area contributed by atoms with E-state index in [9.17, 15) is 0 Å². The van der Waals surface area contributed by atoms with Gasteiger partial charge in [-0.15, -0.1) is 0 Å². The van der Waals surface area contributed by atoms with Crippen molar-refractivity contribution < 1.29 is 4.74 Å². The van der Waals surface area contributed by atoms with Gasteiger partial charge in [-0.05, 0) is 24.1 Å². The van der Waals surface area contributed by atoms with Crippen LogP contribution < -0.4 is 10.5 Å². The average Bonchev–Trinajstić information content (AvgIpc) is 2.87. The van der Waals surface area contributed by atoms with Crippen LogP contribution in [0.1, 0.15) is 12.5 Å². The number of nitrogens with two attached hydrogens (primary N) is 1. The van der Waals surface area contributed by atoms with E-state index in [2.05, 4.69) is 23.0 Å². The molecule has 0 amide bonds. The first-order chi connectivity index (χ1) is 9.26. The minimum absolute atomic E-state index is 0.396.